The predicted octanol–water partition coefficient (Wildman–Crippen LogP) is 1.03. The van der Waals surface area contributed by atoms with Crippen molar-refractivity contribution in [2.24, 2.45) is 5.92 Å². The fraction of sp³-hybridized carbons (Fsp3) is 1.00. The van der Waals surface area contributed by atoms with Gasteiger partial charge in [-0.2, -0.15) is 0 Å². The van der Waals surface area contributed by atoms with Gasteiger partial charge in [-0.1, -0.05) is 6.92 Å². The van der Waals surface area contributed by atoms with Crippen molar-refractivity contribution in [1.29, 1.82) is 0 Å². The van der Waals surface area contributed by atoms with Crippen LogP contribution in [0.15, 0.2) is 0 Å². The maximum absolute atomic E-state index is 5.39. The third kappa shape index (κ3) is 5.38. The van der Waals surface area contributed by atoms with Gasteiger partial charge in [0, 0.05) is 52.4 Å². The molecular weight excluding hydrogens is 238 g/mol. The second-order valence-corrected chi connectivity index (χ2v) is 6.09. The van der Waals surface area contributed by atoms with Crippen LogP contribution in [-0.4, -0.2) is 75.4 Å². The third-order valence-corrected chi connectivity index (χ3v) is 4.30. The summed E-state index contributed by atoms with van der Waals surface area (Å²) < 4.78 is 5.39. The monoisotopic (exact) mass is 269 g/mol. The van der Waals surface area contributed by atoms with E-state index in [1.807, 2.05) is 7.11 Å². The molecule has 4 heteroatoms. The maximum Gasteiger partial charge on any atom is 0.0630 e. The van der Waals surface area contributed by atoms with Crippen LogP contribution in [0, 0.1) is 5.92 Å². The lowest BCUT2D eigenvalue weighted by Gasteiger charge is -2.39. The smallest absolute Gasteiger partial charge is 0.0630 e. The Morgan fingerprint density at radius 3 is 2.53 bits per heavy atom. The zero-order chi connectivity index (χ0) is 13.5. The van der Waals surface area contributed by atoms with Crippen LogP contribution < -0.4 is 5.32 Å². The number of rotatable bonds is 9. The van der Waals surface area contributed by atoms with E-state index < -0.39 is 0 Å². The SMILES string of the molecule is CCCNCC(COC)N1CCN(CC2CC2)CC1. The van der Waals surface area contributed by atoms with E-state index in [1.165, 1.54) is 52.0 Å². The number of methoxy groups -OCH3 is 1. The van der Waals surface area contributed by atoms with Crippen molar-refractivity contribution in [3.05, 3.63) is 0 Å². The Morgan fingerprint density at radius 2 is 1.95 bits per heavy atom. The molecule has 4 nitrogen and oxygen atoms in total. The molecule has 1 saturated heterocycles. The lowest BCUT2D eigenvalue weighted by molar-refractivity contribution is 0.0483. The van der Waals surface area contributed by atoms with Crippen LogP contribution in [0.4, 0.5) is 0 Å². The van der Waals surface area contributed by atoms with E-state index in [0.717, 1.165) is 25.6 Å². The summed E-state index contributed by atoms with van der Waals surface area (Å²) in [6.07, 6.45) is 4.13. The van der Waals surface area contributed by atoms with Crippen molar-refractivity contribution >= 4 is 0 Å². The Bertz CT molecular complexity index is 238. The van der Waals surface area contributed by atoms with E-state index >= 15 is 0 Å². The summed E-state index contributed by atoms with van der Waals surface area (Å²) in [6.45, 7) is 11.5. The van der Waals surface area contributed by atoms with Crippen molar-refractivity contribution in [3.63, 3.8) is 0 Å². The molecule has 1 atom stereocenters. The van der Waals surface area contributed by atoms with E-state index in [-0.39, 0.29) is 0 Å². The number of hydrogen-bond acceptors (Lipinski definition) is 4. The number of nitrogens with one attached hydrogen (secondary N) is 1. The van der Waals surface area contributed by atoms with Gasteiger partial charge in [-0.3, -0.25) is 4.90 Å². The van der Waals surface area contributed by atoms with Gasteiger partial charge in [0.25, 0.3) is 0 Å². The molecule has 0 radical (unpaired) electrons. The van der Waals surface area contributed by atoms with Crippen LogP contribution in [0.25, 0.3) is 0 Å². The highest BCUT2D eigenvalue weighted by atomic mass is 16.5. The van der Waals surface area contributed by atoms with Crippen LogP contribution in [0.1, 0.15) is 26.2 Å². The molecule has 1 unspecified atom stereocenters. The quantitative estimate of drug-likeness (QED) is 0.633. The van der Waals surface area contributed by atoms with Crippen molar-refractivity contribution in [2.45, 2.75) is 32.2 Å². The third-order valence-electron chi connectivity index (χ3n) is 4.30. The molecule has 1 N–H and O–H groups in total. The van der Waals surface area contributed by atoms with Crippen LogP contribution in [-0.2, 0) is 4.74 Å². The summed E-state index contributed by atoms with van der Waals surface area (Å²) in [5, 5.41) is 3.54. The molecule has 1 saturated carbocycles. The van der Waals surface area contributed by atoms with Crippen LogP contribution in [0.3, 0.4) is 0 Å². The maximum atomic E-state index is 5.39. The molecule has 0 amide bonds. The van der Waals surface area contributed by atoms with Crippen LogP contribution in [0.2, 0.25) is 0 Å². The van der Waals surface area contributed by atoms with Gasteiger partial charge in [-0.25, -0.2) is 0 Å². The molecule has 2 rings (SSSR count). The van der Waals surface area contributed by atoms with E-state index in [2.05, 4.69) is 22.0 Å². The average molecular weight is 269 g/mol. The van der Waals surface area contributed by atoms with Crippen molar-refractivity contribution in [1.82, 2.24) is 15.1 Å². The lowest BCUT2D eigenvalue weighted by Crippen LogP contribution is -2.54. The van der Waals surface area contributed by atoms with Gasteiger partial charge in [0.2, 0.25) is 0 Å². The van der Waals surface area contributed by atoms with E-state index in [9.17, 15) is 0 Å². The summed E-state index contributed by atoms with van der Waals surface area (Å²) in [5.74, 6) is 1.02. The Morgan fingerprint density at radius 1 is 1.21 bits per heavy atom. The molecule has 0 aromatic carbocycles. The molecule has 0 spiro atoms. The number of hydrogen-bond donors (Lipinski definition) is 1. The highest BCUT2D eigenvalue weighted by Gasteiger charge is 2.28. The van der Waals surface area contributed by atoms with Gasteiger partial charge < -0.3 is 15.0 Å². The second kappa shape index (κ2) is 8.20. The summed E-state index contributed by atoms with van der Waals surface area (Å²) >= 11 is 0. The first-order chi connectivity index (χ1) is 9.33. The zero-order valence-corrected chi connectivity index (χ0v) is 12.7. The molecule has 2 fully saturated rings. The highest BCUT2D eigenvalue weighted by Crippen LogP contribution is 2.29. The average Bonchev–Trinajstić information content (AvgIpc) is 3.23. The van der Waals surface area contributed by atoms with Gasteiger partial charge in [0.05, 0.1) is 6.61 Å². The molecule has 0 aromatic rings. The Hall–Kier alpha value is -0.160. The first-order valence-corrected chi connectivity index (χ1v) is 7.99. The first-order valence-electron chi connectivity index (χ1n) is 7.99. The molecule has 2 aliphatic rings. The molecule has 1 aliphatic heterocycles. The molecule has 112 valence electrons. The van der Waals surface area contributed by atoms with E-state index in [1.54, 1.807) is 0 Å². The van der Waals surface area contributed by atoms with Crippen LogP contribution >= 0.6 is 0 Å². The second-order valence-electron chi connectivity index (χ2n) is 6.09. The van der Waals surface area contributed by atoms with Gasteiger partial charge >= 0.3 is 0 Å². The highest BCUT2D eigenvalue weighted by molar-refractivity contribution is 4.83. The minimum Gasteiger partial charge on any atom is -0.383 e. The topological polar surface area (TPSA) is 27.7 Å². The van der Waals surface area contributed by atoms with Gasteiger partial charge in [0.15, 0.2) is 0 Å². The first kappa shape index (κ1) is 15.2. The predicted molar refractivity (Wildman–Crippen MR) is 79.6 cm³/mol. The van der Waals surface area contributed by atoms with Gasteiger partial charge in [-0.15, -0.1) is 0 Å². The van der Waals surface area contributed by atoms with E-state index in [0.29, 0.717) is 6.04 Å². The normalized spacial score (nSPS) is 23.7. The Kier molecular flexibility index (Phi) is 6.57. The van der Waals surface area contributed by atoms with E-state index in [4.69, 9.17) is 4.74 Å². The summed E-state index contributed by atoms with van der Waals surface area (Å²) in [6, 6.07) is 0.541. The van der Waals surface area contributed by atoms with Crippen molar-refractivity contribution < 1.29 is 4.74 Å². The number of nitrogens with zero attached hydrogens (tertiary/aromatic N) is 2. The summed E-state index contributed by atoms with van der Waals surface area (Å²) in [4.78, 5) is 5.26. The number of piperazine rings is 1. The lowest BCUT2D eigenvalue weighted by atomic mass is 10.2. The molecule has 0 aromatic heterocycles. The minimum atomic E-state index is 0.541. The van der Waals surface area contributed by atoms with Gasteiger partial charge in [-0.05, 0) is 31.7 Å². The van der Waals surface area contributed by atoms with Gasteiger partial charge in [0.1, 0.15) is 0 Å². The van der Waals surface area contributed by atoms with Crippen molar-refractivity contribution in [3.8, 4) is 0 Å². The standard InChI is InChI=1S/C15H31N3O/c1-3-6-16-11-15(13-19-2)18-9-7-17(8-10-18)12-14-4-5-14/h14-16H,3-13H2,1-2H3. The number of ether oxygens (including phenoxy) is 1. The zero-order valence-electron chi connectivity index (χ0n) is 12.7. The molecule has 1 aliphatic carbocycles. The van der Waals surface area contributed by atoms with Crippen LogP contribution in [0.5, 0.6) is 0 Å². The fourth-order valence-electron chi connectivity index (χ4n) is 2.91. The Labute approximate surface area is 118 Å². The molecular formula is C15H31N3O. The molecule has 1 heterocycles. The fourth-order valence-corrected chi connectivity index (χ4v) is 2.91. The van der Waals surface area contributed by atoms with Crippen molar-refractivity contribution in [2.75, 3.05) is 59.5 Å². The minimum absolute atomic E-state index is 0.541. The largest absolute Gasteiger partial charge is 0.383 e. The molecule has 0 bridgehead atoms. The summed E-state index contributed by atoms with van der Waals surface area (Å²) in [7, 11) is 1.82. The summed E-state index contributed by atoms with van der Waals surface area (Å²) in [5.41, 5.74) is 0. The molecule has 19 heavy (non-hydrogen) atoms. The Balaban J connectivity index is 1.68.